The van der Waals surface area contributed by atoms with Crippen LogP contribution in [0.4, 0.5) is 0 Å². The van der Waals surface area contributed by atoms with E-state index < -0.39 is 5.97 Å². The number of nitrogens with zero attached hydrogens (tertiary/aromatic N) is 1. The lowest BCUT2D eigenvalue weighted by Crippen LogP contribution is -2.34. The summed E-state index contributed by atoms with van der Waals surface area (Å²) < 4.78 is 5.05. The van der Waals surface area contributed by atoms with Gasteiger partial charge in [0.05, 0.1) is 12.7 Å². The molecule has 1 aromatic carbocycles. The molecule has 0 saturated carbocycles. The number of carbonyl (C=O) groups is 2. The Hall–Kier alpha value is -2.30. The molecular formula is C15H17NO4. The zero-order valence-electron chi connectivity index (χ0n) is 11.5. The SMILES string of the molecule is COc1cc(C(=O)O)cc(C(=O)N2CC=C(C)CC2)c1. The van der Waals surface area contributed by atoms with Crippen LogP contribution in [0.2, 0.25) is 0 Å². The van der Waals surface area contributed by atoms with E-state index in [-0.39, 0.29) is 11.5 Å². The Bertz CT molecular complexity index is 577. The van der Waals surface area contributed by atoms with E-state index in [1.165, 1.54) is 24.8 Å². The minimum atomic E-state index is -1.08. The molecule has 1 aliphatic heterocycles. The summed E-state index contributed by atoms with van der Waals surface area (Å²) in [6, 6.07) is 4.36. The van der Waals surface area contributed by atoms with Crippen molar-refractivity contribution in [3.05, 3.63) is 41.0 Å². The molecule has 0 saturated heterocycles. The van der Waals surface area contributed by atoms with E-state index in [9.17, 15) is 9.59 Å². The molecule has 5 nitrogen and oxygen atoms in total. The monoisotopic (exact) mass is 275 g/mol. The smallest absolute Gasteiger partial charge is 0.335 e. The standard InChI is InChI=1S/C15H17NO4/c1-10-3-5-16(6-4-10)14(17)11-7-12(15(18)19)9-13(8-11)20-2/h3,7-9H,4-6H2,1-2H3,(H,18,19). The van der Waals surface area contributed by atoms with Crippen LogP contribution in [0.25, 0.3) is 0 Å². The summed E-state index contributed by atoms with van der Waals surface area (Å²) in [6.45, 7) is 3.25. The molecule has 1 N–H and O–H groups in total. The summed E-state index contributed by atoms with van der Waals surface area (Å²) in [5.41, 5.74) is 1.66. The number of hydrogen-bond acceptors (Lipinski definition) is 3. The fraction of sp³-hybridized carbons (Fsp3) is 0.333. The lowest BCUT2D eigenvalue weighted by molar-refractivity contribution is 0.0696. The predicted molar refractivity (Wildman–Crippen MR) is 74.2 cm³/mol. The minimum Gasteiger partial charge on any atom is -0.497 e. The van der Waals surface area contributed by atoms with E-state index in [0.717, 1.165) is 6.42 Å². The van der Waals surface area contributed by atoms with Gasteiger partial charge in [-0.3, -0.25) is 4.79 Å². The molecule has 5 heteroatoms. The van der Waals surface area contributed by atoms with Crippen molar-refractivity contribution in [3.8, 4) is 5.75 Å². The van der Waals surface area contributed by atoms with Crippen molar-refractivity contribution >= 4 is 11.9 Å². The third kappa shape index (κ3) is 2.99. The van der Waals surface area contributed by atoms with Gasteiger partial charge in [-0.15, -0.1) is 0 Å². The number of hydrogen-bond donors (Lipinski definition) is 1. The van der Waals surface area contributed by atoms with Crippen molar-refractivity contribution in [2.24, 2.45) is 0 Å². The number of rotatable bonds is 3. The topological polar surface area (TPSA) is 66.8 Å². The maximum absolute atomic E-state index is 12.4. The number of amides is 1. The van der Waals surface area contributed by atoms with Crippen LogP contribution in [0.1, 0.15) is 34.1 Å². The molecule has 0 aliphatic carbocycles. The molecule has 0 atom stereocenters. The van der Waals surface area contributed by atoms with E-state index in [1.807, 2.05) is 13.0 Å². The van der Waals surface area contributed by atoms with Crippen LogP contribution in [0.3, 0.4) is 0 Å². The van der Waals surface area contributed by atoms with Gasteiger partial charge < -0.3 is 14.7 Å². The predicted octanol–water partition coefficient (Wildman–Crippen LogP) is 2.19. The van der Waals surface area contributed by atoms with Gasteiger partial charge >= 0.3 is 5.97 Å². The van der Waals surface area contributed by atoms with E-state index >= 15 is 0 Å². The molecule has 0 fully saturated rings. The van der Waals surface area contributed by atoms with Gasteiger partial charge in [0.25, 0.3) is 5.91 Å². The third-order valence-corrected chi connectivity index (χ3v) is 3.36. The molecule has 1 aromatic rings. The van der Waals surface area contributed by atoms with E-state index in [4.69, 9.17) is 9.84 Å². The molecule has 0 aromatic heterocycles. The lowest BCUT2D eigenvalue weighted by atomic mass is 10.1. The fourth-order valence-corrected chi connectivity index (χ4v) is 2.10. The maximum atomic E-state index is 12.4. The van der Waals surface area contributed by atoms with Crippen molar-refractivity contribution in [2.75, 3.05) is 20.2 Å². The van der Waals surface area contributed by atoms with Gasteiger partial charge in [-0.2, -0.15) is 0 Å². The van der Waals surface area contributed by atoms with Gasteiger partial charge in [-0.1, -0.05) is 11.6 Å². The van der Waals surface area contributed by atoms with Crippen LogP contribution in [-0.4, -0.2) is 42.1 Å². The summed E-state index contributed by atoms with van der Waals surface area (Å²) in [4.78, 5) is 25.2. The second-order valence-corrected chi connectivity index (χ2v) is 4.81. The molecule has 0 unspecified atom stereocenters. The number of benzene rings is 1. The molecule has 20 heavy (non-hydrogen) atoms. The average Bonchev–Trinajstić information content (AvgIpc) is 2.46. The highest BCUT2D eigenvalue weighted by molar-refractivity contribution is 5.98. The molecule has 0 spiro atoms. The fourth-order valence-electron chi connectivity index (χ4n) is 2.10. The molecular weight excluding hydrogens is 258 g/mol. The van der Waals surface area contributed by atoms with Crippen LogP contribution in [-0.2, 0) is 0 Å². The Morgan fingerprint density at radius 2 is 1.95 bits per heavy atom. The van der Waals surface area contributed by atoms with Gasteiger partial charge in [0.2, 0.25) is 0 Å². The Morgan fingerprint density at radius 3 is 2.50 bits per heavy atom. The molecule has 1 amide bonds. The van der Waals surface area contributed by atoms with Crippen molar-refractivity contribution in [2.45, 2.75) is 13.3 Å². The zero-order valence-corrected chi connectivity index (χ0v) is 11.5. The number of carboxylic acids is 1. The van der Waals surface area contributed by atoms with E-state index in [0.29, 0.717) is 24.4 Å². The van der Waals surface area contributed by atoms with Crippen molar-refractivity contribution in [1.29, 1.82) is 0 Å². The second-order valence-electron chi connectivity index (χ2n) is 4.81. The Balaban J connectivity index is 2.29. The zero-order chi connectivity index (χ0) is 14.7. The summed E-state index contributed by atoms with van der Waals surface area (Å²) in [5, 5.41) is 9.07. The Kier molecular flexibility index (Phi) is 4.08. The molecule has 106 valence electrons. The molecule has 1 aliphatic rings. The first kappa shape index (κ1) is 14.1. The van der Waals surface area contributed by atoms with Crippen molar-refractivity contribution < 1.29 is 19.4 Å². The number of carbonyl (C=O) groups excluding carboxylic acids is 1. The number of methoxy groups -OCH3 is 1. The first-order chi connectivity index (χ1) is 9.51. The quantitative estimate of drug-likeness (QED) is 0.859. The van der Waals surface area contributed by atoms with Gasteiger partial charge in [0, 0.05) is 18.7 Å². The lowest BCUT2D eigenvalue weighted by Gasteiger charge is -2.25. The van der Waals surface area contributed by atoms with Crippen molar-refractivity contribution in [1.82, 2.24) is 4.90 Å². The average molecular weight is 275 g/mol. The largest absolute Gasteiger partial charge is 0.497 e. The first-order valence-corrected chi connectivity index (χ1v) is 6.38. The highest BCUT2D eigenvalue weighted by atomic mass is 16.5. The Labute approximate surface area is 117 Å². The van der Waals surface area contributed by atoms with E-state index in [2.05, 4.69) is 0 Å². The third-order valence-electron chi connectivity index (χ3n) is 3.36. The highest BCUT2D eigenvalue weighted by Crippen LogP contribution is 2.20. The normalized spacial score (nSPS) is 14.7. The molecule has 0 bridgehead atoms. The van der Waals surface area contributed by atoms with Gasteiger partial charge in [0.1, 0.15) is 5.75 Å². The van der Waals surface area contributed by atoms with Gasteiger partial charge in [-0.05, 0) is 31.5 Å². The van der Waals surface area contributed by atoms with Gasteiger partial charge in [-0.25, -0.2) is 4.79 Å². The van der Waals surface area contributed by atoms with Crippen LogP contribution in [0.5, 0.6) is 5.75 Å². The minimum absolute atomic E-state index is 0.0523. The second kappa shape index (κ2) is 5.77. The van der Waals surface area contributed by atoms with E-state index in [1.54, 1.807) is 11.0 Å². The maximum Gasteiger partial charge on any atom is 0.335 e. The van der Waals surface area contributed by atoms with Crippen LogP contribution in [0, 0.1) is 0 Å². The summed E-state index contributed by atoms with van der Waals surface area (Å²) in [6.07, 6.45) is 2.86. The number of carboxylic acid groups (broad SMARTS) is 1. The van der Waals surface area contributed by atoms with Gasteiger partial charge in [0.15, 0.2) is 0 Å². The highest BCUT2D eigenvalue weighted by Gasteiger charge is 2.19. The van der Waals surface area contributed by atoms with Crippen LogP contribution < -0.4 is 4.74 Å². The summed E-state index contributed by atoms with van der Waals surface area (Å²) in [7, 11) is 1.45. The molecule has 1 heterocycles. The summed E-state index contributed by atoms with van der Waals surface area (Å²) >= 11 is 0. The first-order valence-electron chi connectivity index (χ1n) is 6.38. The Morgan fingerprint density at radius 1 is 1.25 bits per heavy atom. The molecule has 0 radical (unpaired) electrons. The van der Waals surface area contributed by atoms with Crippen LogP contribution >= 0.6 is 0 Å². The molecule has 2 rings (SSSR count). The van der Waals surface area contributed by atoms with Crippen molar-refractivity contribution in [3.63, 3.8) is 0 Å². The number of aromatic carboxylic acids is 1. The number of ether oxygens (including phenoxy) is 1. The van der Waals surface area contributed by atoms with Crippen LogP contribution in [0.15, 0.2) is 29.8 Å². The summed E-state index contributed by atoms with van der Waals surface area (Å²) in [5.74, 6) is -0.875.